The van der Waals surface area contributed by atoms with Gasteiger partial charge in [0.2, 0.25) is 11.0 Å². The average Bonchev–Trinajstić information content (AvgIpc) is 3.09. The van der Waals surface area contributed by atoms with Gasteiger partial charge in [-0.2, -0.15) is 0 Å². The van der Waals surface area contributed by atoms with E-state index in [1.54, 1.807) is 12.5 Å². The normalized spacial score (nSPS) is 10.6. The summed E-state index contributed by atoms with van der Waals surface area (Å²) in [5, 5.41) is 12.0. The molecule has 2 heterocycles. The number of rotatable bonds is 3. The van der Waals surface area contributed by atoms with E-state index < -0.39 is 0 Å². The van der Waals surface area contributed by atoms with Crippen molar-refractivity contribution in [1.29, 1.82) is 0 Å². The van der Waals surface area contributed by atoms with Gasteiger partial charge in [-0.15, -0.1) is 10.2 Å². The van der Waals surface area contributed by atoms with Crippen molar-refractivity contribution in [3.05, 3.63) is 42.5 Å². The number of carbonyl (C=O) groups excluding carboxylic acids is 1. The molecule has 0 unspecified atom stereocenters. The lowest BCUT2D eigenvalue weighted by Gasteiger charge is -2.06. The fraction of sp³-hybridized carbons (Fsp3) is 0.143. The Hall–Kier alpha value is -2.54. The lowest BCUT2D eigenvalue weighted by atomic mass is 10.1. The van der Waals surface area contributed by atoms with E-state index in [9.17, 15) is 4.79 Å². The van der Waals surface area contributed by atoms with Crippen molar-refractivity contribution in [1.82, 2.24) is 19.7 Å². The van der Waals surface area contributed by atoms with E-state index in [4.69, 9.17) is 0 Å². The van der Waals surface area contributed by atoms with Crippen molar-refractivity contribution in [2.75, 3.05) is 5.32 Å². The second kappa shape index (κ2) is 5.45. The smallest absolute Gasteiger partial charge is 0.223 e. The third-order valence-electron chi connectivity index (χ3n) is 2.95. The Morgan fingerprint density at radius 1 is 1.33 bits per heavy atom. The summed E-state index contributed by atoms with van der Waals surface area (Å²) in [6.07, 6.45) is 5.40. The highest BCUT2D eigenvalue weighted by Gasteiger charge is 2.10. The first-order valence-electron chi connectivity index (χ1n) is 6.34. The fourth-order valence-corrected chi connectivity index (χ4v) is 2.87. The molecule has 0 aliphatic carbocycles. The largest absolute Gasteiger partial charge is 0.306 e. The minimum atomic E-state index is -0.148. The predicted molar refractivity (Wildman–Crippen MR) is 81.5 cm³/mol. The molecule has 21 heavy (non-hydrogen) atoms. The molecule has 0 aliphatic rings. The summed E-state index contributed by atoms with van der Waals surface area (Å²) in [6, 6.07) is 6.07. The number of nitrogens with one attached hydrogen (secondary N) is 1. The van der Waals surface area contributed by atoms with Crippen LogP contribution >= 0.6 is 11.3 Å². The first-order chi connectivity index (χ1) is 10.1. The SMILES string of the molecule is CC(=O)Nc1nnc(-c2ccc(-n3ccnc3)cc2C)s1. The minimum Gasteiger partial charge on any atom is -0.306 e. The number of anilines is 1. The minimum absolute atomic E-state index is 0.148. The van der Waals surface area contributed by atoms with Crippen LogP contribution in [0.15, 0.2) is 36.9 Å². The average molecular weight is 299 g/mol. The molecule has 0 saturated carbocycles. The first-order valence-corrected chi connectivity index (χ1v) is 7.15. The number of hydrogen-bond donors (Lipinski definition) is 1. The van der Waals surface area contributed by atoms with E-state index in [-0.39, 0.29) is 5.91 Å². The molecule has 0 aliphatic heterocycles. The van der Waals surface area contributed by atoms with E-state index in [0.29, 0.717) is 5.13 Å². The van der Waals surface area contributed by atoms with Crippen molar-refractivity contribution < 1.29 is 4.79 Å². The molecule has 0 fully saturated rings. The van der Waals surface area contributed by atoms with Gasteiger partial charge in [-0.25, -0.2) is 4.98 Å². The van der Waals surface area contributed by atoms with Crippen molar-refractivity contribution in [3.63, 3.8) is 0 Å². The standard InChI is InChI=1S/C14H13N5OS/c1-9-7-11(19-6-5-15-8-19)3-4-12(9)13-17-18-14(21-13)16-10(2)20/h3-8H,1-2H3,(H,16,18,20). The molecule has 0 spiro atoms. The predicted octanol–water partition coefficient (Wildman–Crippen LogP) is 2.66. The van der Waals surface area contributed by atoms with Gasteiger partial charge in [-0.3, -0.25) is 4.79 Å². The molecule has 0 saturated heterocycles. The van der Waals surface area contributed by atoms with Gasteiger partial charge in [0, 0.05) is 30.6 Å². The summed E-state index contributed by atoms with van der Waals surface area (Å²) >= 11 is 1.36. The van der Waals surface area contributed by atoms with Crippen molar-refractivity contribution in [2.45, 2.75) is 13.8 Å². The summed E-state index contributed by atoms with van der Waals surface area (Å²) in [5.41, 5.74) is 3.14. The van der Waals surface area contributed by atoms with Crippen LogP contribution < -0.4 is 5.32 Å². The summed E-state index contributed by atoms with van der Waals surface area (Å²) < 4.78 is 1.94. The van der Waals surface area contributed by atoms with E-state index >= 15 is 0 Å². The van der Waals surface area contributed by atoms with Gasteiger partial charge >= 0.3 is 0 Å². The zero-order valence-electron chi connectivity index (χ0n) is 11.6. The summed E-state index contributed by atoms with van der Waals surface area (Å²) in [7, 11) is 0. The second-order valence-corrected chi connectivity index (χ2v) is 5.54. The molecular formula is C14H13N5OS. The molecular weight excluding hydrogens is 286 g/mol. The molecule has 1 N–H and O–H groups in total. The maximum absolute atomic E-state index is 11.0. The molecule has 3 rings (SSSR count). The maximum Gasteiger partial charge on any atom is 0.223 e. The van der Waals surface area contributed by atoms with Crippen LogP contribution in [0.4, 0.5) is 5.13 Å². The lowest BCUT2D eigenvalue weighted by Crippen LogP contribution is -2.04. The summed E-state index contributed by atoms with van der Waals surface area (Å²) in [6.45, 7) is 3.47. The molecule has 7 heteroatoms. The van der Waals surface area contributed by atoms with Gasteiger partial charge in [-0.05, 0) is 30.7 Å². The number of carbonyl (C=O) groups is 1. The fourth-order valence-electron chi connectivity index (χ4n) is 1.99. The molecule has 106 valence electrons. The molecule has 3 aromatic rings. The van der Waals surface area contributed by atoms with Gasteiger partial charge in [0.15, 0.2) is 0 Å². The van der Waals surface area contributed by atoms with E-state index in [2.05, 4.69) is 26.6 Å². The number of nitrogens with zero attached hydrogens (tertiary/aromatic N) is 4. The van der Waals surface area contributed by atoms with Gasteiger partial charge in [0.25, 0.3) is 0 Å². The van der Waals surface area contributed by atoms with Crippen LogP contribution in [0, 0.1) is 6.92 Å². The Bertz CT molecular complexity index is 779. The van der Waals surface area contributed by atoms with Gasteiger partial charge in [-0.1, -0.05) is 11.3 Å². The van der Waals surface area contributed by atoms with Crippen molar-refractivity contribution >= 4 is 22.4 Å². The van der Waals surface area contributed by atoms with Crippen LogP contribution in [0.3, 0.4) is 0 Å². The van der Waals surface area contributed by atoms with Crippen LogP contribution in [0.2, 0.25) is 0 Å². The molecule has 1 aromatic carbocycles. The highest BCUT2D eigenvalue weighted by atomic mass is 32.1. The van der Waals surface area contributed by atoms with Crippen molar-refractivity contribution in [2.24, 2.45) is 0 Å². The van der Waals surface area contributed by atoms with Crippen LogP contribution in [0.5, 0.6) is 0 Å². The Morgan fingerprint density at radius 3 is 2.86 bits per heavy atom. The maximum atomic E-state index is 11.0. The second-order valence-electron chi connectivity index (χ2n) is 4.56. The van der Waals surface area contributed by atoms with E-state index in [1.165, 1.54) is 18.3 Å². The highest BCUT2D eigenvalue weighted by Crippen LogP contribution is 2.30. The van der Waals surface area contributed by atoms with Gasteiger partial charge in [0.1, 0.15) is 5.01 Å². The molecule has 6 nitrogen and oxygen atoms in total. The third kappa shape index (κ3) is 2.82. The number of hydrogen-bond acceptors (Lipinski definition) is 5. The van der Waals surface area contributed by atoms with Gasteiger partial charge in [0.05, 0.1) is 6.33 Å². The molecule has 1 amide bonds. The van der Waals surface area contributed by atoms with E-state index in [1.807, 2.05) is 29.8 Å². The third-order valence-corrected chi connectivity index (χ3v) is 3.82. The number of benzene rings is 1. The highest BCUT2D eigenvalue weighted by molar-refractivity contribution is 7.18. The van der Waals surface area contributed by atoms with Crippen LogP contribution in [-0.2, 0) is 4.79 Å². The lowest BCUT2D eigenvalue weighted by molar-refractivity contribution is -0.114. The zero-order valence-corrected chi connectivity index (χ0v) is 12.4. The number of aryl methyl sites for hydroxylation is 1. The summed E-state index contributed by atoms with van der Waals surface area (Å²) in [5.74, 6) is -0.148. The summed E-state index contributed by atoms with van der Waals surface area (Å²) in [4.78, 5) is 15.1. The zero-order chi connectivity index (χ0) is 14.8. The molecule has 0 radical (unpaired) electrons. The van der Waals surface area contributed by atoms with Crippen LogP contribution in [0.25, 0.3) is 16.3 Å². The van der Waals surface area contributed by atoms with Crippen LogP contribution in [0.1, 0.15) is 12.5 Å². The Labute approximate surface area is 125 Å². The van der Waals surface area contributed by atoms with Crippen LogP contribution in [-0.4, -0.2) is 25.7 Å². The number of amides is 1. The monoisotopic (exact) mass is 299 g/mol. The molecule has 2 aromatic heterocycles. The number of imidazole rings is 1. The Kier molecular flexibility index (Phi) is 3.49. The number of aromatic nitrogens is 4. The Balaban J connectivity index is 1.92. The quantitative estimate of drug-likeness (QED) is 0.807. The molecule has 0 atom stereocenters. The first kappa shape index (κ1) is 13.4. The topological polar surface area (TPSA) is 72.7 Å². The van der Waals surface area contributed by atoms with Gasteiger partial charge < -0.3 is 9.88 Å². The van der Waals surface area contributed by atoms with Crippen molar-refractivity contribution in [3.8, 4) is 16.3 Å². The molecule has 0 bridgehead atoms. The Morgan fingerprint density at radius 2 is 2.19 bits per heavy atom. The van der Waals surface area contributed by atoms with E-state index in [0.717, 1.165) is 21.8 Å².